The van der Waals surface area contributed by atoms with E-state index in [1.165, 1.54) is 6.08 Å². The number of ether oxygens (including phenoxy) is 2. The normalized spacial score (nSPS) is 12.6. The summed E-state index contributed by atoms with van der Waals surface area (Å²) < 4.78 is 10.5. The molecule has 0 radical (unpaired) electrons. The summed E-state index contributed by atoms with van der Waals surface area (Å²) in [7, 11) is 1.63. The summed E-state index contributed by atoms with van der Waals surface area (Å²) in [6.45, 7) is 3.99. The number of carbonyl (C=O) groups excluding carboxylic acids is 1. The Balaban J connectivity index is 2.46. The molecular formula is C14H18O3. The van der Waals surface area contributed by atoms with Crippen molar-refractivity contribution >= 4 is 5.78 Å². The standard InChI is InChI=1S/C14H18O3/c1-4-5-14(15)11(2)17-10-12-6-8-13(16-3)9-7-12/h4-9,11H,10H2,1-3H3. The van der Waals surface area contributed by atoms with E-state index in [0.29, 0.717) is 6.61 Å². The average molecular weight is 234 g/mol. The lowest BCUT2D eigenvalue weighted by molar-refractivity contribution is -0.125. The monoisotopic (exact) mass is 234 g/mol. The van der Waals surface area contributed by atoms with E-state index in [4.69, 9.17) is 9.47 Å². The number of allylic oxidation sites excluding steroid dienone is 1. The van der Waals surface area contributed by atoms with Crippen molar-refractivity contribution in [3.63, 3.8) is 0 Å². The molecule has 1 aromatic carbocycles. The van der Waals surface area contributed by atoms with Crippen molar-refractivity contribution in [2.75, 3.05) is 7.11 Å². The molecule has 3 heteroatoms. The molecule has 0 saturated carbocycles. The molecule has 0 bridgehead atoms. The summed E-state index contributed by atoms with van der Waals surface area (Å²) in [5.74, 6) is 0.799. The van der Waals surface area contributed by atoms with Gasteiger partial charge in [0.2, 0.25) is 0 Å². The Bertz CT molecular complexity index is 379. The maximum Gasteiger partial charge on any atom is 0.183 e. The number of rotatable bonds is 6. The van der Waals surface area contributed by atoms with Crippen LogP contribution in [0.4, 0.5) is 0 Å². The molecule has 0 aliphatic rings. The minimum Gasteiger partial charge on any atom is -0.497 e. The first-order chi connectivity index (χ1) is 8.17. The third-order valence-corrected chi connectivity index (χ3v) is 2.39. The molecule has 0 aliphatic carbocycles. The summed E-state index contributed by atoms with van der Waals surface area (Å²) in [6, 6.07) is 7.59. The molecule has 0 spiro atoms. The van der Waals surface area contributed by atoms with Crippen molar-refractivity contribution in [1.29, 1.82) is 0 Å². The summed E-state index contributed by atoms with van der Waals surface area (Å²) in [6.07, 6.45) is 2.84. The van der Waals surface area contributed by atoms with Gasteiger partial charge in [-0.05, 0) is 37.6 Å². The van der Waals surface area contributed by atoms with Crippen LogP contribution >= 0.6 is 0 Å². The fourth-order valence-electron chi connectivity index (χ4n) is 1.32. The Labute approximate surface area is 102 Å². The van der Waals surface area contributed by atoms with Crippen molar-refractivity contribution < 1.29 is 14.3 Å². The van der Waals surface area contributed by atoms with Crippen LogP contribution in [0.3, 0.4) is 0 Å². The second-order valence-corrected chi connectivity index (χ2v) is 3.70. The van der Waals surface area contributed by atoms with Gasteiger partial charge >= 0.3 is 0 Å². The first-order valence-electron chi connectivity index (χ1n) is 5.58. The topological polar surface area (TPSA) is 35.5 Å². The number of methoxy groups -OCH3 is 1. The second-order valence-electron chi connectivity index (χ2n) is 3.70. The fraction of sp³-hybridized carbons (Fsp3) is 0.357. The molecule has 1 rings (SSSR count). The number of benzene rings is 1. The van der Waals surface area contributed by atoms with Crippen LogP contribution in [0.5, 0.6) is 5.75 Å². The van der Waals surface area contributed by atoms with E-state index < -0.39 is 6.10 Å². The van der Waals surface area contributed by atoms with E-state index in [9.17, 15) is 4.79 Å². The molecule has 17 heavy (non-hydrogen) atoms. The molecule has 0 fully saturated rings. The Hall–Kier alpha value is -1.61. The summed E-state index contributed by atoms with van der Waals surface area (Å²) in [5.41, 5.74) is 1.02. The van der Waals surface area contributed by atoms with Crippen molar-refractivity contribution in [3.05, 3.63) is 42.0 Å². The van der Waals surface area contributed by atoms with E-state index in [1.54, 1.807) is 20.1 Å². The zero-order chi connectivity index (χ0) is 12.7. The highest BCUT2D eigenvalue weighted by atomic mass is 16.5. The lowest BCUT2D eigenvalue weighted by atomic mass is 10.2. The second kappa shape index (κ2) is 6.86. The van der Waals surface area contributed by atoms with Crippen molar-refractivity contribution in [2.45, 2.75) is 26.6 Å². The molecule has 0 N–H and O–H groups in total. The van der Waals surface area contributed by atoms with Crippen LogP contribution in [0.15, 0.2) is 36.4 Å². The van der Waals surface area contributed by atoms with Gasteiger partial charge in [-0.15, -0.1) is 0 Å². The largest absolute Gasteiger partial charge is 0.497 e. The first-order valence-corrected chi connectivity index (χ1v) is 5.58. The highest BCUT2D eigenvalue weighted by Crippen LogP contribution is 2.12. The number of carbonyl (C=O) groups is 1. The van der Waals surface area contributed by atoms with E-state index >= 15 is 0 Å². The van der Waals surface area contributed by atoms with Gasteiger partial charge in [0, 0.05) is 0 Å². The molecule has 1 unspecified atom stereocenters. The lowest BCUT2D eigenvalue weighted by Gasteiger charge is -2.10. The zero-order valence-electron chi connectivity index (χ0n) is 10.5. The number of hydrogen-bond acceptors (Lipinski definition) is 3. The van der Waals surface area contributed by atoms with Gasteiger partial charge in [-0.2, -0.15) is 0 Å². The molecule has 0 heterocycles. The highest BCUT2D eigenvalue weighted by Gasteiger charge is 2.09. The van der Waals surface area contributed by atoms with Gasteiger partial charge in [-0.1, -0.05) is 18.2 Å². The SMILES string of the molecule is CC=CC(=O)C(C)OCc1ccc(OC)cc1. The van der Waals surface area contributed by atoms with Crippen LogP contribution in [0.1, 0.15) is 19.4 Å². The minimum atomic E-state index is -0.409. The first kappa shape index (κ1) is 13.5. The minimum absolute atomic E-state index is 0.0130. The fourth-order valence-corrected chi connectivity index (χ4v) is 1.32. The van der Waals surface area contributed by atoms with E-state index in [0.717, 1.165) is 11.3 Å². The third kappa shape index (κ3) is 4.41. The van der Waals surface area contributed by atoms with Crippen molar-refractivity contribution in [1.82, 2.24) is 0 Å². The van der Waals surface area contributed by atoms with Crippen LogP contribution in [-0.4, -0.2) is 19.0 Å². The molecule has 0 aromatic heterocycles. The molecular weight excluding hydrogens is 216 g/mol. The Morgan fingerprint density at radius 3 is 2.53 bits per heavy atom. The van der Waals surface area contributed by atoms with Gasteiger partial charge < -0.3 is 9.47 Å². The van der Waals surface area contributed by atoms with Crippen molar-refractivity contribution in [2.24, 2.45) is 0 Å². The highest BCUT2D eigenvalue weighted by molar-refractivity contribution is 5.93. The van der Waals surface area contributed by atoms with Crippen molar-refractivity contribution in [3.8, 4) is 5.75 Å². The van der Waals surface area contributed by atoms with Gasteiger partial charge in [0.05, 0.1) is 13.7 Å². The Kier molecular flexibility index (Phi) is 5.43. The Morgan fingerprint density at radius 1 is 1.35 bits per heavy atom. The molecule has 3 nitrogen and oxygen atoms in total. The molecule has 0 saturated heterocycles. The van der Waals surface area contributed by atoms with Gasteiger partial charge in [-0.25, -0.2) is 0 Å². The van der Waals surface area contributed by atoms with E-state index in [-0.39, 0.29) is 5.78 Å². The van der Waals surface area contributed by atoms with Crippen LogP contribution in [0.2, 0.25) is 0 Å². The van der Waals surface area contributed by atoms with Gasteiger partial charge in [0.15, 0.2) is 5.78 Å². The van der Waals surface area contributed by atoms with E-state index in [2.05, 4.69) is 0 Å². The van der Waals surface area contributed by atoms with Crippen LogP contribution in [0, 0.1) is 0 Å². The average Bonchev–Trinajstić information content (AvgIpc) is 2.36. The zero-order valence-corrected chi connectivity index (χ0v) is 10.5. The predicted octanol–water partition coefficient (Wildman–Crippen LogP) is 2.75. The summed E-state index contributed by atoms with van der Waals surface area (Å²) >= 11 is 0. The molecule has 0 amide bonds. The van der Waals surface area contributed by atoms with Crippen LogP contribution < -0.4 is 4.74 Å². The number of ketones is 1. The van der Waals surface area contributed by atoms with Gasteiger partial charge in [-0.3, -0.25) is 4.79 Å². The molecule has 1 atom stereocenters. The number of hydrogen-bond donors (Lipinski definition) is 0. The maximum absolute atomic E-state index is 11.4. The lowest BCUT2D eigenvalue weighted by Crippen LogP contribution is -2.18. The smallest absolute Gasteiger partial charge is 0.183 e. The van der Waals surface area contributed by atoms with Gasteiger partial charge in [0.25, 0.3) is 0 Å². The van der Waals surface area contributed by atoms with E-state index in [1.807, 2.05) is 31.2 Å². The molecule has 0 aliphatic heterocycles. The summed E-state index contributed by atoms with van der Waals surface area (Å²) in [4.78, 5) is 11.4. The Morgan fingerprint density at radius 2 is 2.00 bits per heavy atom. The quantitative estimate of drug-likeness (QED) is 0.710. The van der Waals surface area contributed by atoms with Crippen LogP contribution in [0.25, 0.3) is 0 Å². The van der Waals surface area contributed by atoms with Crippen LogP contribution in [-0.2, 0) is 16.1 Å². The molecule has 1 aromatic rings. The summed E-state index contributed by atoms with van der Waals surface area (Å²) in [5, 5.41) is 0. The van der Waals surface area contributed by atoms with Gasteiger partial charge in [0.1, 0.15) is 11.9 Å². The maximum atomic E-state index is 11.4. The molecule has 92 valence electrons. The predicted molar refractivity (Wildman–Crippen MR) is 67.1 cm³/mol. The third-order valence-electron chi connectivity index (χ3n) is 2.39.